The number of hydrogen-bond acceptors (Lipinski definition) is 7. The maximum absolute atomic E-state index is 14.4. The number of nitrogens with one attached hydrogen (secondary N) is 2. The Morgan fingerprint density at radius 2 is 1.83 bits per heavy atom. The Kier molecular flexibility index (Phi) is 10.6. The number of carbonyl (C=O) groups excluding carboxylic acids is 1. The molecule has 2 heterocycles. The molecular weight excluding hydrogens is 506 g/mol. The highest BCUT2D eigenvalue weighted by molar-refractivity contribution is 7.87. The molecule has 1 aromatic carbocycles. The first kappa shape index (κ1) is 28.7. The van der Waals surface area contributed by atoms with Crippen molar-refractivity contribution in [3.05, 3.63) is 46.6 Å². The van der Waals surface area contributed by atoms with Gasteiger partial charge in [0.1, 0.15) is 16.6 Å². The van der Waals surface area contributed by atoms with Crippen LogP contribution >= 0.6 is 11.6 Å². The van der Waals surface area contributed by atoms with Crippen molar-refractivity contribution in [2.45, 2.75) is 40.2 Å². The van der Waals surface area contributed by atoms with E-state index in [1.807, 2.05) is 0 Å². The van der Waals surface area contributed by atoms with E-state index in [1.54, 1.807) is 18.6 Å². The molecule has 0 atom stereocenters. The van der Waals surface area contributed by atoms with Crippen LogP contribution in [0.1, 0.15) is 44.5 Å². The number of rotatable bonds is 9. The zero-order chi connectivity index (χ0) is 26.2. The van der Waals surface area contributed by atoms with Gasteiger partial charge in [0.05, 0.1) is 17.9 Å². The lowest BCUT2D eigenvalue weighted by atomic mass is 10.2. The molecule has 2 aromatic rings. The monoisotopic (exact) mass is 534 g/mol. The SMILES string of the molecule is CC(C)Oc1ncc(Oc2cc(F)c(C(=O)NS(=O)(=O)N3CCC3)cc2F)cc1Cl.CCNCC. The summed E-state index contributed by atoms with van der Waals surface area (Å²) in [5.41, 5.74) is -0.777. The number of halogens is 3. The summed E-state index contributed by atoms with van der Waals surface area (Å²) in [5.74, 6) is -3.91. The molecule has 0 saturated carbocycles. The highest BCUT2D eigenvalue weighted by Crippen LogP contribution is 2.31. The highest BCUT2D eigenvalue weighted by Gasteiger charge is 2.30. The number of hydrogen-bond donors (Lipinski definition) is 2. The Labute approximate surface area is 209 Å². The third-order valence-corrected chi connectivity index (χ3v) is 6.26. The summed E-state index contributed by atoms with van der Waals surface area (Å²) >= 11 is 6.03. The largest absolute Gasteiger partial charge is 0.474 e. The minimum absolute atomic E-state index is 0.00645. The second kappa shape index (κ2) is 13.0. The van der Waals surface area contributed by atoms with E-state index in [4.69, 9.17) is 21.1 Å². The molecule has 13 heteroatoms. The molecule has 3 rings (SSSR count). The summed E-state index contributed by atoms with van der Waals surface area (Å²) in [6, 6.07) is 2.49. The molecular formula is C22H29ClF2N4O5S. The van der Waals surface area contributed by atoms with E-state index in [1.165, 1.54) is 12.3 Å². The average Bonchev–Trinajstić information content (AvgIpc) is 2.71. The summed E-state index contributed by atoms with van der Waals surface area (Å²) in [4.78, 5) is 16.1. The molecule has 194 valence electrons. The normalized spacial score (nSPS) is 13.5. The number of carbonyl (C=O) groups is 1. The van der Waals surface area contributed by atoms with Crippen molar-refractivity contribution in [2.24, 2.45) is 0 Å². The molecule has 1 aliphatic rings. The van der Waals surface area contributed by atoms with Gasteiger partial charge in [-0.15, -0.1) is 0 Å². The molecule has 2 N–H and O–H groups in total. The predicted molar refractivity (Wildman–Crippen MR) is 128 cm³/mol. The Hall–Kier alpha value is -2.54. The van der Waals surface area contributed by atoms with Crippen LogP contribution < -0.4 is 19.5 Å². The second-order valence-corrected chi connectivity index (χ2v) is 9.71. The molecule has 9 nitrogen and oxygen atoms in total. The van der Waals surface area contributed by atoms with E-state index in [-0.39, 0.29) is 35.8 Å². The molecule has 0 aliphatic carbocycles. The molecule has 1 saturated heterocycles. The van der Waals surface area contributed by atoms with Crippen LogP contribution in [0.15, 0.2) is 24.4 Å². The minimum atomic E-state index is -4.10. The standard InChI is InChI=1S/C18H18ClF2N3O5S.C4H11N/c1-10(2)28-18-13(19)6-11(9-22-18)29-16-8-14(20)12(7-15(16)21)17(25)23-30(26,27)24-4-3-5-24;1-3-5-4-2/h6-10H,3-5H2,1-2H3,(H,23,25);5H,3-4H2,1-2H3. The molecule has 1 fully saturated rings. The zero-order valence-corrected chi connectivity index (χ0v) is 21.5. The van der Waals surface area contributed by atoms with E-state index >= 15 is 0 Å². The van der Waals surface area contributed by atoms with Gasteiger partial charge < -0.3 is 14.8 Å². The van der Waals surface area contributed by atoms with Crippen LogP contribution in [0.2, 0.25) is 5.02 Å². The highest BCUT2D eigenvalue weighted by atomic mass is 35.5. The van der Waals surface area contributed by atoms with Gasteiger partial charge in [0, 0.05) is 25.2 Å². The van der Waals surface area contributed by atoms with Gasteiger partial charge in [-0.2, -0.15) is 12.7 Å². The topological polar surface area (TPSA) is 110 Å². The summed E-state index contributed by atoms with van der Waals surface area (Å²) in [5, 5.41) is 3.22. The minimum Gasteiger partial charge on any atom is -0.474 e. The lowest BCUT2D eigenvalue weighted by Gasteiger charge is -2.29. The first-order valence-corrected chi connectivity index (χ1v) is 12.8. The Morgan fingerprint density at radius 1 is 1.17 bits per heavy atom. The maximum atomic E-state index is 14.4. The quantitative estimate of drug-likeness (QED) is 0.502. The fourth-order valence-corrected chi connectivity index (χ4v) is 4.11. The number of ether oxygens (including phenoxy) is 2. The molecule has 1 amide bonds. The lowest BCUT2D eigenvalue weighted by molar-refractivity contribution is 0.0973. The van der Waals surface area contributed by atoms with Gasteiger partial charge in [0.25, 0.3) is 5.91 Å². The van der Waals surface area contributed by atoms with Crippen molar-refractivity contribution in [3.8, 4) is 17.4 Å². The van der Waals surface area contributed by atoms with Gasteiger partial charge in [-0.05, 0) is 39.4 Å². The molecule has 1 aromatic heterocycles. The van der Waals surface area contributed by atoms with Crippen molar-refractivity contribution >= 4 is 27.7 Å². The van der Waals surface area contributed by atoms with Crippen LogP contribution in [-0.4, -0.2) is 55.9 Å². The van der Waals surface area contributed by atoms with Crippen LogP contribution in [0.5, 0.6) is 17.4 Å². The predicted octanol–water partition coefficient (Wildman–Crippen LogP) is 3.89. The number of aromatic nitrogens is 1. The number of nitrogens with zero attached hydrogens (tertiary/aromatic N) is 2. The average molecular weight is 535 g/mol. The van der Waals surface area contributed by atoms with Crippen molar-refractivity contribution in [2.75, 3.05) is 26.2 Å². The molecule has 0 radical (unpaired) electrons. The van der Waals surface area contributed by atoms with Crippen LogP contribution in [0.4, 0.5) is 8.78 Å². The van der Waals surface area contributed by atoms with E-state index in [0.717, 1.165) is 17.4 Å². The summed E-state index contributed by atoms with van der Waals surface area (Å²) < 4.78 is 66.0. The Bertz CT molecular complexity index is 1130. The molecule has 0 unspecified atom stereocenters. The van der Waals surface area contributed by atoms with Gasteiger partial charge in [-0.3, -0.25) is 4.79 Å². The number of amides is 1. The van der Waals surface area contributed by atoms with Crippen molar-refractivity contribution in [3.63, 3.8) is 0 Å². The lowest BCUT2D eigenvalue weighted by Crippen LogP contribution is -2.49. The van der Waals surface area contributed by atoms with E-state index in [2.05, 4.69) is 24.1 Å². The number of pyridine rings is 1. The van der Waals surface area contributed by atoms with Crippen molar-refractivity contribution in [1.82, 2.24) is 19.3 Å². The Morgan fingerprint density at radius 3 is 2.31 bits per heavy atom. The summed E-state index contributed by atoms with van der Waals surface area (Å²) in [6.45, 7) is 10.5. The molecule has 1 aliphatic heterocycles. The zero-order valence-electron chi connectivity index (χ0n) is 19.9. The van der Waals surface area contributed by atoms with Crippen LogP contribution in [0.3, 0.4) is 0 Å². The fourth-order valence-electron chi connectivity index (χ4n) is 2.70. The summed E-state index contributed by atoms with van der Waals surface area (Å²) in [7, 11) is -4.10. The van der Waals surface area contributed by atoms with Crippen LogP contribution in [-0.2, 0) is 10.2 Å². The molecule has 0 bridgehead atoms. The smallest absolute Gasteiger partial charge is 0.304 e. The number of benzene rings is 1. The van der Waals surface area contributed by atoms with Gasteiger partial charge in [0.2, 0.25) is 5.88 Å². The van der Waals surface area contributed by atoms with Crippen LogP contribution in [0.25, 0.3) is 0 Å². The third kappa shape index (κ3) is 8.27. The van der Waals surface area contributed by atoms with Crippen molar-refractivity contribution in [1.29, 1.82) is 0 Å². The molecule has 0 spiro atoms. The van der Waals surface area contributed by atoms with Crippen LogP contribution in [0, 0.1) is 11.6 Å². The van der Waals surface area contributed by atoms with Gasteiger partial charge in [0.15, 0.2) is 11.6 Å². The third-order valence-electron chi connectivity index (χ3n) is 4.50. The Balaban J connectivity index is 0.000000784. The maximum Gasteiger partial charge on any atom is 0.304 e. The van der Waals surface area contributed by atoms with Gasteiger partial charge in [-0.1, -0.05) is 25.4 Å². The summed E-state index contributed by atoms with van der Waals surface area (Å²) in [6.07, 6.45) is 1.70. The van der Waals surface area contributed by atoms with Gasteiger partial charge >= 0.3 is 10.2 Å². The van der Waals surface area contributed by atoms with Gasteiger partial charge in [-0.25, -0.2) is 18.5 Å². The van der Waals surface area contributed by atoms with E-state index in [0.29, 0.717) is 18.6 Å². The fraction of sp³-hybridized carbons (Fsp3) is 0.455. The van der Waals surface area contributed by atoms with E-state index < -0.39 is 39.1 Å². The first-order valence-electron chi connectivity index (χ1n) is 11.0. The second-order valence-electron chi connectivity index (χ2n) is 7.64. The first-order chi connectivity index (χ1) is 16.5. The van der Waals surface area contributed by atoms with E-state index in [9.17, 15) is 22.0 Å². The van der Waals surface area contributed by atoms with Crippen molar-refractivity contribution < 1.29 is 31.5 Å². The molecule has 35 heavy (non-hydrogen) atoms.